The Morgan fingerprint density at radius 3 is 1.47 bits per heavy atom. The van der Waals surface area contributed by atoms with Gasteiger partial charge in [-0.1, -0.05) is 176 Å². The van der Waals surface area contributed by atoms with E-state index < -0.39 is 18.1 Å². The molecule has 2 heterocycles. The molecule has 0 unspecified atom stereocenters. The van der Waals surface area contributed by atoms with Gasteiger partial charge in [-0.3, -0.25) is 0 Å². The monoisotopic (exact) mass is 724 g/mol. The maximum absolute atomic E-state index is 8.79. The largest absolute Gasteiger partial charge is 0.208 e. The van der Waals surface area contributed by atoms with Crippen molar-refractivity contribution in [1.29, 1.82) is 0 Å². The summed E-state index contributed by atoms with van der Waals surface area (Å²) in [5.41, 5.74) is 10.3. The Hall–Kier alpha value is -7.01. The van der Waals surface area contributed by atoms with Crippen LogP contribution in [0.25, 0.3) is 98.8 Å². The van der Waals surface area contributed by atoms with E-state index in [1.165, 1.54) is 11.1 Å². The van der Waals surface area contributed by atoms with Gasteiger partial charge in [0.15, 0.2) is 17.5 Å². The topological polar surface area (TPSA) is 38.7 Å². The van der Waals surface area contributed by atoms with E-state index in [1.807, 2.05) is 72.8 Å². The normalized spacial score (nSPS) is 12.5. The van der Waals surface area contributed by atoms with E-state index >= 15 is 0 Å². The van der Waals surface area contributed by atoms with Crippen molar-refractivity contribution < 1.29 is 6.85 Å². The molecule has 0 aliphatic carbocycles. The van der Waals surface area contributed by atoms with Crippen molar-refractivity contribution in [2.45, 2.75) is 0 Å². The molecule has 4 heteroatoms. The molecule has 0 saturated carbocycles. The molecule has 2 aromatic heterocycles. The van der Waals surface area contributed by atoms with Gasteiger partial charge in [-0.2, -0.15) is 0 Å². The average molecular weight is 725 g/mol. The molecule has 0 N–H and O–H groups in total. The zero-order valence-electron chi connectivity index (χ0n) is 34.4. The molecule has 10 rings (SSSR count). The van der Waals surface area contributed by atoms with Crippen molar-refractivity contribution in [3.8, 4) is 78.7 Å². The van der Waals surface area contributed by atoms with E-state index in [0.29, 0.717) is 17.2 Å². The number of thiophene rings is 1. The van der Waals surface area contributed by atoms with Gasteiger partial charge >= 0.3 is 0 Å². The lowest BCUT2D eigenvalue weighted by Gasteiger charge is -2.10. The summed E-state index contributed by atoms with van der Waals surface area (Å²) in [6.07, 6.45) is 0. The van der Waals surface area contributed by atoms with Crippen molar-refractivity contribution in [1.82, 2.24) is 15.0 Å². The van der Waals surface area contributed by atoms with E-state index in [-0.39, 0.29) is 23.5 Å². The van der Waals surface area contributed by atoms with Gasteiger partial charge in [0.2, 0.25) is 0 Å². The first kappa shape index (κ1) is 27.6. The molecule has 0 amide bonds. The van der Waals surface area contributed by atoms with E-state index in [1.54, 1.807) is 11.3 Å². The fourth-order valence-electron chi connectivity index (χ4n) is 7.06. The summed E-state index contributed by atoms with van der Waals surface area (Å²) in [6.45, 7) is 0. The smallest absolute Gasteiger partial charge is 0.165 e. The van der Waals surface area contributed by atoms with Crippen LogP contribution in [0.5, 0.6) is 0 Å². The van der Waals surface area contributed by atoms with Crippen LogP contribution in [-0.2, 0) is 0 Å². The fraction of sp³-hybridized carbons (Fsp3) is 0. The lowest BCUT2D eigenvalue weighted by Crippen LogP contribution is -2.00. The van der Waals surface area contributed by atoms with E-state index in [0.717, 1.165) is 59.1 Å². The van der Waals surface area contributed by atoms with Crippen LogP contribution >= 0.6 is 11.3 Å². The predicted molar refractivity (Wildman–Crippen MR) is 231 cm³/mol. The quantitative estimate of drug-likeness (QED) is 0.164. The van der Waals surface area contributed by atoms with Crippen LogP contribution in [0.2, 0.25) is 0 Å². The highest BCUT2D eigenvalue weighted by molar-refractivity contribution is 7.26. The number of fused-ring (bicyclic) bond motifs is 3. The lowest BCUT2D eigenvalue weighted by molar-refractivity contribution is 1.08. The molecule has 0 saturated heterocycles. The van der Waals surface area contributed by atoms with Crippen molar-refractivity contribution in [2.24, 2.45) is 0 Å². The summed E-state index contributed by atoms with van der Waals surface area (Å²) in [6, 6.07) is 56.1. The molecule has 258 valence electrons. The molecular weight excluding hydrogens is 687 g/mol. The molecule has 3 nitrogen and oxygen atoms in total. The Labute approximate surface area is 331 Å². The molecule has 0 radical (unpaired) electrons. The summed E-state index contributed by atoms with van der Waals surface area (Å²) in [5.74, 6) is 0.681. The molecule has 0 atom stereocenters. The average Bonchev–Trinajstić information content (AvgIpc) is 3.69. The second-order valence-electron chi connectivity index (χ2n) is 13.3. The molecule has 55 heavy (non-hydrogen) atoms. The van der Waals surface area contributed by atoms with Gasteiger partial charge in [-0.25, -0.2) is 15.0 Å². The van der Waals surface area contributed by atoms with Crippen molar-refractivity contribution in [2.75, 3.05) is 0 Å². The van der Waals surface area contributed by atoms with Gasteiger partial charge in [0.1, 0.15) is 0 Å². The van der Waals surface area contributed by atoms with Gasteiger partial charge in [0, 0.05) is 36.9 Å². The molecule has 8 aromatic carbocycles. The van der Waals surface area contributed by atoms with E-state index in [4.69, 9.17) is 21.8 Å². The number of hydrogen-bond acceptors (Lipinski definition) is 4. The minimum absolute atomic E-state index is 0.00750. The summed E-state index contributed by atoms with van der Waals surface area (Å²) < 4.78 is 44.6. The first-order valence-electron chi connectivity index (χ1n) is 20.5. The zero-order chi connectivity index (χ0) is 40.9. The summed E-state index contributed by atoms with van der Waals surface area (Å²) >= 11 is 1.64. The second kappa shape index (κ2) is 14.1. The van der Waals surface area contributed by atoms with Crippen LogP contribution in [-0.4, -0.2) is 15.0 Å². The Morgan fingerprint density at radius 1 is 0.345 bits per heavy atom. The third kappa shape index (κ3) is 6.39. The van der Waals surface area contributed by atoms with Crippen molar-refractivity contribution in [3.63, 3.8) is 0 Å². The predicted octanol–water partition coefficient (Wildman–Crippen LogP) is 13.9. The minimum atomic E-state index is -0.474. The first-order chi connectivity index (χ1) is 29.3. The lowest BCUT2D eigenvalue weighted by atomic mass is 9.97. The third-order valence-corrected chi connectivity index (χ3v) is 11.1. The van der Waals surface area contributed by atoms with Crippen LogP contribution in [0.15, 0.2) is 200 Å². The maximum Gasteiger partial charge on any atom is 0.165 e. The van der Waals surface area contributed by atoms with Gasteiger partial charge in [-0.05, 0) is 68.8 Å². The first-order valence-corrected chi connectivity index (χ1v) is 18.8. The molecule has 0 fully saturated rings. The summed E-state index contributed by atoms with van der Waals surface area (Å²) in [7, 11) is 0. The Bertz CT molecular complexity index is 3210. The van der Waals surface area contributed by atoms with Gasteiger partial charge in [0.25, 0.3) is 0 Å². The van der Waals surface area contributed by atoms with E-state index in [2.05, 4.69) is 97.1 Å². The molecule has 0 aliphatic heterocycles. The highest BCUT2D eigenvalue weighted by Gasteiger charge is 2.17. The van der Waals surface area contributed by atoms with Crippen LogP contribution in [0.3, 0.4) is 0 Å². The number of benzene rings is 8. The van der Waals surface area contributed by atoms with Crippen LogP contribution in [0, 0.1) is 0 Å². The van der Waals surface area contributed by atoms with Gasteiger partial charge in [-0.15, -0.1) is 11.3 Å². The van der Waals surface area contributed by atoms with Gasteiger partial charge in [0.05, 0.1) is 6.85 Å². The highest BCUT2D eigenvalue weighted by Crippen LogP contribution is 2.41. The van der Waals surface area contributed by atoms with E-state index in [9.17, 15) is 0 Å². The Kier molecular flexibility index (Phi) is 7.06. The highest BCUT2D eigenvalue weighted by atomic mass is 32.1. The fourth-order valence-corrected chi connectivity index (χ4v) is 8.25. The molecular formula is C51H33N3S. The SMILES string of the molecule is [2H]c1c([2H])c([2H])c(-c2nc(-c3cccc(-c4ccccc4)c3)nc(-c3cccc4c3sc3ccc(-c5ccc(-c6ccc(-c7ccccc7)cc6)cc5)cc34)n2)c([2H])c1[2H]. The van der Waals surface area contributed by atoms with Crippen molar-refractivity contribution in [3.05, 3.63) is 200 Å². The minimum Gasteiger partial charge on any atom is -0.208 e. The molecule has 0 spiro atoms. The summed E-state index contributed by atoms with van der Waals surface area (Å²) in [5, 5.41) is 2.15. The second-order valence-corrected chi connectivity index (χ2v) is 14.3. The molecule has 10 aromatic rings. The van der Waals surface area contributed by atoms with Crippen LogP contribution in [0.4, 0.5) is 0 Å². The zero-order valence-corrected chi connectivity index (χ0v) is 30.2. The Balaban J connectivity index is 1.06. The van der Waals surface area contributed by atoms with Gasteiger partial charge < -0.3 is 0 Å². The number of nitrogens with zero attached hydrogens (tertiary/aromatic N) is 3. The molecule has 0 bridgehead atoms. The Morgan fingerprint density at radius 2 is 0.818 bits per heavy atom. The summed E-state index contributed by atoms with van der Waals surface area (Å²) in [4.78, 5) is 14.7. The number of aromatic nitrogens is 3. The number of hydrogen-bond donors (Lipinski definition) is 0. The van der Waals surface area contributed by atoms with Crippen molar-refractivity contribution >= 4 is 31.5 Å². The molecule has 0 aliphatic rings. The third-order valence-electron chi connectivity index (χ3n) is 9.87. The standard InChI is InChI=1S/C51H33N3S/c1-4-12-34(13-5-1)36-22-24-37(25-23-36)38-26-28-39(29-27-38)42-30-31-47-46(33-42)44-20-11-21-45(48(44)55-47)51-53-49(40-16-8-3-9-17-40)52-50(54-51)43-19-10-18-41(32-43)35-14-6-2-7-15-35/h1-33H/i3D,8D,9D,16D,17D. The van der Waals surface area contributed by atoms with Crippen LogP contribution in [0.1, 0.15) is 6.85 Å². The number of rotatable bonds is 7. The van der Waals surface area contributed by atoms with Crippen LogP contribution < -0.4 is 0 Å². The maximum atomic E-state index is 8.79.